The van der Waals surface area contributed by atoms with Crippen molar-refractivity contribution in [3.63, 3.8) is 0 Å². The van der Waals surface area contributed by atoms with E-state index in [1.54, 1.807) is 0 Å². The number of aromatic nitrogens is 3. The summed E-state index contributed by atoms with van der Waals surface area (Å²) in [5, 5.41) is 4.61. The molecule has 16 heteroatoms. The lowest BCUT2D eigenvalue weighted by Crippen LogP contribution is -2.42. The molecule has 1 aliphatic heterocycles. The Hall–Kier alpha value is -2.10. The Morgan fingerprint density at radius 1 is 1.03 bits per heavy atom. The highest BCUT2D eigenvalue weighted by Gasteiger charge is 2.31. The third kappa shape index (κ3) is 8.43. The molecule has 166 valence electrons. The Kier molecular flexibility index (Phi) is 6.97. The average molecular weight is 452 g/mol. The van der Waals surface area contributed by atoms with Crippen LogP contribution in [-0.4, -0.2) is 78.6 Å². The van der Waals surface area contributed by atoms with Gasteiger partial charge in [0.15, 0.2) is 6.61 Å². The smallest absolute Gasteiger partial charge is 0.422 e. The van der Waals surface area contributed by atoms with Crippen LogP contribution in [0, 0.1) is 0 Å². The van der Waals surface area contributed by atoms with Gasteiger partial charge in [0.2, 0.25) is 21.9 Å². The van der Waals surface area contributed by atoms with E-state index in [9.17, 15) is 34.8 Å². The van der Waals surface area contributed by atoms with Crippen LogP contribution in [-0.2, 0) is 10.0 Å². The zero-order valence-electron chi connectivity index (χ0n) is 15.0. The van der Waals surface area contributed by atoms with Crippen molar-refractivity contribution in [2.24, 2.45) is 0 Å². The van der Waals surface area contributed by atoms with Gasteiger partial charge in [-0.2, -0.15) is 41.3 Å². The SMILES string of the molecule is CS(=O)(=O)N1CCC(Nc2nc(NCC(F)(F)F)nc(OCC(F)(F)F)n2)CC1. The van der Waals surface area contributed by atoms with Gasteiger partial charge >= 0.3 is 18.4 Å². The molecular formula is C13H18F6N6O3S. The van der Waals surface area contributed by atoms with Crippen molar-refractivity contribution in [1.29, 1.82) is 0 Å². The van der Waals surface area contributed by atoms with Gasteiger partial charge in [-0.05, 0) is 12.8 Å². The van der Waals surface area contributed by atoms with E-state index < -0.39 is 47.5 Å². The zero-order valence-corrected chi connectivity index (χ0v) is 15.8. The minimum Gasteiger partial charge on any atom is -0.454 e. The summed E-state index contributed by atoms with van der Waals surface area (Å²) in [4.78, 5) is 10.7. The van der Waals surface area contributed by atoms with Crippen LogP contribution in [0.3, 0.4) is 0 Å². The van der Waals surface area contributed by atoms with Gasteiger partial charge in [-0.1, -0.05) is 0 Å². The quantitative estimate of drug-likeness (QED) is 0.601. The molecule has 0 unspecified atom stereocenters. The normalized spacial score (nSPS) is 17.2. The maximum atomic E-state index is 12.4. The van der Waals surface area contributed by atoms with Gasteiger partial charge in [0, 0.05) is 19.1 Å². The van der Waals surface area contributed by atoms with E-state index in [1.165, 1.54) is 4.31 Å². The number of hydrogen-bond acceptors (Lipinski definition) is 8. The molecule has 1 saturated heterocycles. The average Bonchev–Trinajstić information content (AvgIpc) is 2.57. The van der Waals surface area contributed by atoms with E-state index in [2.05, 4.69) is 25.0 Å². The number of anilines is 2. The lowest BCUT2D eigenvalue weighted by molar-refractivity contribution is -0.154. The van der Waals surface area contributed by atoms with E-state index in [0.29, 0.717) is 12.8 Å². The predicted octanol–water partition coefficient (Wildman–Crippen LogP) is 1.62. The maximum absolute atomic E-state index is 12.4. The number of hydrogen-bond donors (Lipinski definition) is 2. The number of ether oxygens (including phenoxy) is 1. The molecule has 9 nitrogen and oxygen atoms in total. The molecule has 2 rings (SSSR count). The van der Waals surface area contributed by atoms with E-state index in [1.807, 2.05) is 5.32 Å². The number of sulfonamides is 1. The minimum absolute atomic E-state index is 0.193. The van der Waals surface area contributed by atoms with Gasteiger partial charge in [-0.3, -0.25) is 0 Å². The second-order valence-corrected chi connectivity index (χ2v) is 8.20. The summed E-state index contributed by atoms with van der Waals surface area (Å²) in [6.45, 7) is -2.86. The van der Waals surface area contributed by atoms with Gasteiger partial charge in [0.25, 0.3) is 0 Å². The molecule has 0 bridgehead atoms. The first-order valence-corrected chi connectivity index (χ1v) is 10.0. The molecule has 0 atom stereocenters. The van der Waals surface area contributed by atoms with Crippen molar-refractivity contribution in [2.45, 2.75) is 31.2 Å². The van der Waals surface area contributed by atoms with Crippen LogP contribution >= 0.6 is 0 Å². The Balaban J connectivity index is 2.10. The van der Waals surface area contributed by atoms with E-state index in [0.717, 1.165) is 6.26 Å². The fourth-order valence-corrected chi connectivity index (χ4v) is 3.28. The van der Waals surface area contributed by atoms with Crippen molar-refractivity contribution in [1.82, 2.24) is 19.3 Å². The molecule has 2 heterocycles. The molecule has 2 N–H and O–H groups in total. The predicted molar refractivity (Wildman–Crippen MR) is 89.0 cm³/mol. The molecule has 0 aromatic carbocycles. The molecule has 29 heavy (non-hydrogen) atoms. The van der Waals surface area contributed by atoms with E-state index in [-0.39, 0.29) is 25.1 Å². The fourth-order valence-electron chi connectivity index (χ4n) is 2.40. The summed E-state index contributed by atoms with van der Waals surface area (Å²) in [5.74, 6) is -0.912. The van der Waals surface area contributed by atoms with Crippen LogP contribution in [0.1, 0.15) is 12.8 Å². The first kappa shape index (κ1) is 23.2. The largest absolute Gasteiger partial charge is 0.454 e. The summed E-state index contributed by atoms with van der Waals surface area (Å²) in [5.41, 5.74) is 0. The number of halogens is 6. The summed E-state index contributed by atoms with van der Waals surface area (Å²) >= 11 is 0. The summed E-state index contributed by atoms with van der Waals surface area (Å²) in [6.07, 6.45) is -7.56. The fraction of sp³-hybridized carbons (Fsp3) is 0.769. The highest BCUT2D eigenvalue weighted by Crippen LogP contribution is 2.21. The van der Waals surface area contributed by atoms with Crippen molar-refractivity contribution >= 4 is 21.9 Å². The molecule has 1 fully saturated rings. The second kappa shape index (κ2) is 8.73. The number of nitrogens with one attached hydrogen (secondary N) is 2. The van der Waals surface area contributed by atoms with Crippen molar-refractivity contribution < 1.29 is 39.5 Å². The van der Waals surface area contributed by atoms with Gasteiger partial charge in [-0.25, -0.2) is 12.7 Å². The molecule has 0 saturated carbocycles. The Labute approximate surface area is 161 Å². The Morgan fingerprint density at radius 2 is 1.62 bits per heavy atom. The topological polar surface area (TPSA) is 109 Å². The number of nitrogens with zero attached hydrogens (tertiary/aromatic N) is 4. The van der Waals surface area contributed by atoms with Crippen LogP contribution in [0.2, 0.25) is 0 Å². The van der Waals surface area contributed by atoms with Crippen molar-refractivity contribution in [3.05, 3.63) is 0 Å². The van der Waals surface area contributed by atoms with Gasteiger partial charge < -0.3 is 15.4 Å². The van der Waals surface area contributed by atoms with Crippen LogP contribution < -0.4 is 15.4 Å². The lowest BCUT2D eigenvalue weighted by atomic mass is 10.1. The van der Waals surface area contributed by atoms with Crippen LogP contribution in [0.15, 0.2) is 0 Å². The Morgan fingerprint density at radius 3 is 2.14 bits per heavy atom. The molecule has 0 spiro atoms. The maximum Gasteiger partial charge on any atom is 0.422 e. The standard InChI is InChI=1S/C13H18F6N6O3S/c1-29(26,27)25-4-2-8(3-5-25)21-10-22-9(20-6-12(14,15)16)23-11(24-10)28-7-13(17,18)19/h8H,2-7H2,1H3,(H2,20,21,22,23,24). The van der Waals surface area contributed by atoms with Crippen molar-refractivity contribution in [3.8, 4) is 6.01 Å². The van der Waals surface area contributed by atoms with Gasteiger partial charge in [0.1, 0.15) is 6.54 Å². The zero-order chi connectivity index (χ0) is 21.9. The molecule has 1 aromatic rings. The van der Waals surface area contributed by atoms with Crippen LogP contribution in [0.5, 0.6) is 6.01 Å². The molecule has 0 radical (unpaired) electrons. The third-order valence-electron chi connectivity index (χ3n) is 3.68. The van der Waals surface area contributed by atoms with E-state index in [4.69, 9.17) is 0 Å². The minimum atomic E-state index is -4.70. The monoisotopic (exact) mass is 452 g/mol. The number of piperidine rings is 1. The molecule has 1 aliphatic rings. The lowest BCUT2D eigenvalue weighted by Gasteiger charge is -2.30. The third-order valence-corrected chi connectivity index (χ3v) is 4.99. The van der Waals surface area contributed by atoms with Crippen LogP contribution in [0.4, 0.5) is 38.2 Å². The second-order valence-electron chi connectivity index (χ2n) is 6.22. The highest BCUT2D eigenvalue weighted by atomic mass is 32.2. The summed E-state index contributed by atoms with van der Waals surface area (Å²) < 4.78 is 103. The first-order chi connectivity index (χ1) is 13.2. The van der Waals surface area contributed by atoms with Crippen molar-refractivity contribution in [2.75, 3.05) is 43.1 Å². The number of alkyl halides is 6. The summed E-state index contributed by atoms with van der Waals surface area (Å²) in [7, 11) is -3.36. The molecule has 0 amide bonds. The molecule has 1 aromatic heterocycles. The molecular weight excluding hydrogens is 434 g/mol. The molecule has 0 aliphatic carbocycles. The summed E-state index contributed by atoms with van der Waals surface area (Å²) in [6, 6.07) is -1.15. The van der Waals surface area contributed by atoms with Gasteiger partial charge in [-0.15, -0.1) is 0 Å². The van der Waals surface area contributed by atoms with E-state index >= 15 is 0 Å². The Bertz CT molecular complexity index is 759. The first-order valence-electron chi connectivity index (χ1n) is 8.19. The highest BCUT2D eigenvalue weighted by molar-refractivity contribution is 7.88. The number of rotatable bonds is 7. The van der Waals surface area contributed by atoms with Gasteiger partial charge in [0.05, 0.1) is 6.26 Å². The van der Waals surface area contributed by atoms with Crippen LogP contribution in [0.25, 0.3) is 0 Å².